The molecule has 0 fully saturated rings. The minimum Gasteiger partial charge on any atom is -0.481 e. The Balaban J connectivity index is 0.000000569. The summed E-state index contributed by atoms with van der Waals surface area (Å²) in [6.45, 7) is 24.0. The number of carboxylic acids is 3. The molecule has 5 rings (SSSR count). The summed E-state index contributed by atoms with van der Waals surface area (Å²) in [5.41, 5.74) is 5.08. The van der Waals surface area contributed by atoms with Crippen LogP contribution in [0.3, 0.4) is 0 Å². The van der Waals surface area contributed by atoms with Crippen LogP contribution >= 0.6 is 0 Å². The van der Waals surface area contributed by atoms with Crippen molar-refractivity contribution in [1.82, 2.24) is 20.4 Å². The van der Waals surface area contributed by atoms with Gasteiger partial charge in [0.1, 0.15) is 12.6 Å². The number of hydrogen-bond acceptors (Lipinski definition) is 16. The number of ether oxygens (including phenoxy) is 2. The van der Waals surface area contributed by atoms with Gasteiger partial charge in [-0.25, -0.2) is 19.2 Å². The summed E-state index contributed by atoms with van der Waals surface area (Å²) in [7, 11) is 0. The van der Waals surface area contributed by atoms with Gasteiger partial charge in [-0.15, -0.1) is 0 Å². The first-order valence-corrected chi connectivity index (χ1v) is 28.6. The number of anilines is 5. The van der Waals surface area contributed by atoms with E-state index in [-0.39, 0.29) is 71.4 Å². The molecule has 0 bridgehead atoms. The fraction of sp³-hybridized carbons (Fsp3) is 0.344. The van der Waals surface area contributed by atoms with E-state index in [0.717, 1.165) is 39.3 Å². The van der Waals surface area contributed by atoms with Crippen molar-refractivity contribution in [3.8, 4) is 0 Å². The summed E-state index contributed by atoms with van der Waals surface area (Å²) in [4.78, 5) is 137. The first-order chi connectivity index (χ1) is 42.6. The predicted octanol–water partition coefficient (Wildman–Crippen LogP) is 7.72. The zero-order valence-corrected chi connectivity index (χ0v) is 52.4. The van der Waals surface area contributed by atoms with E-state index in [1.165, 1.54) is 71.0 Å². The largest absolute Gasteiger partial charge is 0.481 e. The molecule has 26 heteroatoms. The predicted molar refractivity (Wildman–Crippen MR) is 341 cm³/mol. The third kappa shape index (κ3) is 34.1. The van der Waals surface area contributed by atoms with Crippen molar-refractivity contribution in [2.75, 3.05) is 85.6 Å². The van der Waals surface area contributed by atoms with Crippen LogP contribution in [0.2, 0.25) is 0 Å². The third-order valence-electron chi connectivity index (χ3n) is 11.9. The van der Waals surface area contributed by atoms with Crippen molar-refractivity contribution < 1.29 is 82.3 Å². The molecule has 26 nitrogen and oxygen atoms in total. The summed E-state index contributed by atoms with van der Waals surface area (Å²) >= 11 is 0. The number of nitrogens with zero attached hydrogens (tertiary/aromatic N) is 2. The van der Waals surface area contributed by atoms with Crippen molar-refractivity contribution in [3.63, 3.8) is 0 Å². The topological polar surface area (TPSA) is 375 Å². The van der Waals surface area contributed by atoms with E-state index >= 15 is 0 Å². The fourth-order valence-corrected chi connectivity index (χ4v) is 7.34. The van der Waals surface area contributed by atoms with Crippen LogP contribution in [0.4, 0.5) is 28.4 Å². The van der Waals surface area contributed by atoms with Gasteiger partial charge in [0, 0.05) is 100 Å². The number of benzene rings is 5. The van der Waals surface area contributed by atoms with Gasteiger partial charge in [0.25, 0.3) is 11.8 Å². The SMILES string of the molecule is CC(=O)Nc1ccc(C(=O)N[C@@H](CCC(=O)O)C(=O)O)cc1.CC(=O)Nc1ccc(C(=O)O)cc1.CCN(CC)CCNC(=O)c1ccc(NC(C)=O)cc1.CCN(CC)CCOC(=O)c1ccc(NC(C)=O)cc1.CCOC(=O)c1ccc(NC(C)=O)cc1. The van der Waals surface area contributed by atoms with E-state index in [2.05, 4.69) is 74.7 Å². The summed E-state index contributed by atoms with van der Waals surface area (Å²) < 4.78 is 10.0. The standard InChI is InChI=1S/C15H23N3O2.C15H22N2O3.C14H16N2O6.C11H13NO3.C9H9NO3/c1-4-18(5-2)11-10-16-15(20)13-6-8-14(9-7-13)17-12(3)19;1-4-17(5-2)10-11-20-15(19)13-6-8-14(9-7-13)16-12(3)18;1-8(17)15-10-4-2-9(3-5-10)13(20)16-11(14(21)22)6-7-12(18)19;1-3-15-11(14)9-4-6-10(7-5-9)12-8(2)13;1-6(11)10-8-4-2-7(3-5-8)9(12)13/h6-9H,4-5,10-11H2,1-3H3,(H,16,20)(H,17,19);6-9H,4-5,10-11H2,1-3H3,(H,16,18);2-5,11H,6-7H2,1H3,(H,15,17)(H,16,20)(H,18,19)(H,21,22);4-7H,3H2,1-2H3,(H,12,13);2-5H,1H3,(H,10,11)(H,12,13)/t;;11-;;/m..0../s1. The van der Waals surface area contributed by atoms with E-state index in [0.29, 0.717) is 64.9 Å². The lowest BCUT2D eigenvalue weighted by Crippen LogP contribution is -2.41. The second-order valence-electron chi connectivity index (χ2n) is 19.1. The van der Waals surface area contributed by atoms with Gasteiger partial charge in [-0.05, 0) is 161 Å². The number of carbonyl (C=O) groups is 12. The van der Waals surface area contributed by atoms with Gasteiger partial charge < -0.3 is 71.8 Å². The van der Waals surface area contributed by atoms with E-state index < -0.39 is 29.9 Å². The van der Waals surface area contributed by atoms with Crippen molar-refractivity contribution in [3.05, 3.63) is 149 Å². The summed E-state index contributed by atoms with van der Waals surface area (Å²) in [6.07, 6.45) is -0.570. The molecule has 5 aromatic rings. The minimum atomic E-state index is -1.30. The van der Waals surface area contributed by atoms with Crippen LogP contribution in [0.25, 0.3) is 0 Å². The van der Waals surface area contributed by atoms with E-state index in [1.54, 1.807) is 91.9 Å². The zero-order valence-electron chi connectivity index (χ0n) is 52.4. The second kappa shape index (κ2) is 43.3. The Morgan fingerprint density at radius 3 is 1.02 bits per heavy atom. The van der Waals surface area contributed by atoms with E-state index in [9.17, 15) is 57.5 Å². The minimum absolute atomic E-state index is 0.0912. The number of carbonyl (C=O) groups excluding carboxylic acids is 9. The van der Waals surface area contributed by atoms with E-state index in [1.807, 2.05) is 0 Å². The monoisotopic (exact) mass is 1250 g/mol. The lowest BCUT2D eigenvalue weighted by Gasteiger charge is -2.17. The fourth-order valence-electron chi connectivity index (χ4n) is 7.34. The molecule has 0 aliphatic rings. The Morgan fingerprint density at radius 1 is 0.411 bits per heavy atom. The van der Waals surface area contributed by atoms with Gasteiger partial charge in [-0.1, -0.05) is 27.7 Å². The average Bonchev–Trinajstić information content (AvgIpc) is 3.61. The maximum atomic E-state index is 11.9. The molecular weight excluding hydrogens is 1170 g/mol. The lowest BCUT2D eigenvalue weighted by atomic mass is 10.1. The number of aliphatic carboxylic acids is 2. The molecular formula is C64H83N9O17. The molecule has 0 heterocycles. The van der Waals surface area contributed by atoms with Gasteiger partial charge in [0.05, 0.1) is 23.3 Å². The molecule has 0 unspecified atom stereocenters. The van der Waals surface area contributed by atoms with Crippen LogP contribution in [0.1, 0.15) is 134 Å². The number of amides is 7. The van der Waals surface area contributed by atoms with Crippen molar-refractivity contribution in [2.45, 2.75) is 88.1 Å². The molecule has 1 atom stereocenters. The molecule has 0 saturated heterocycles. The van der Waals surface area contributed by atoms with Crippen molar-refractivity contribution >= 4 is 99.6 Å². The quantitative estimate of drug-likeness (QED) is 0.0237. The molecule has 0 radical (unpaired) electrons. The summed E-state index contributed by atoms with van der Waals surface area (Å²) in [5, 5.41) is 44.2. The summed E-state index contributed by atoms with van der Waals surface area (Å²) in [5.74, 6) is -5.67. The summed E-state index contributed by atoms with van der Waals surface area (Å²) in [6, 6.07) is 30.6. The van der Waals surface area contributed by atoms with Crippen LogP contribution < -0.4 is 37.2 Å². The van der Waals surface area contributed by atoms with Gasteiger partial charge in [0.15, 0.2) is 0 Å². The number of hydrogen-bond donors (Lipinski definition) is 10. The van der Waals surface area contributed by atoms with Crippen LogP contribution in [-0.2, 0) is 43.0 Å². The Hall–Kier alpha value is -10.3. The molecule has 486 valence electrons. The highest BCUT2D eigenvalue weighted by molar-refractivity contribution is 5.98. The van der Waals surface area contributed by atoms with Gasteiger partial charge in [0.2, 0.25) is 29.5 Å². The van der Waals surface area contributed by atoms with Crippen LogP contribution in [0, 0.1) is 0 Å². The highest BCUT2D eigenvalue weighted by atomic mass is 16.5. The van der Waals surface area contributed by atoms with Crippen molar-refractivity contribution in [1.29, 1.82) is 0 Å². The smallest absolute Gasteiger partial charge is 0.338 e. The molecule has 0 aliphatic heterocycles. The normalized spacial score (nSPS) is 10.3. The Kier molecular flexibility index (Phi) is 37.4. The van der Waals surface area contributed by atoms with Crippen molar-refractivity contribution in [2.24, 2.45) is 0 Å². The first kappa shape index (κ1) is 77.7. The van der Waals surface area contributed by atoms with Gasteiger partial charge in [-0.2, -0.15) is 0 Å². The molecule has 7 amide bonds. The Morgan fingerprint density at radius 2 is 0.722 bits per heavy atom. The molecule has 90 heavy (non-hydrogen) atoms. The maximum Gasteiger partial charge on any atom is 0.338 e. The molecule has 0 spiro atoms. The van der Waals surface area contributed by atoms with Crippen LogP contribution in [0.15, 0.2) is 121 Å². The number of likely N-dealkylation sites (N-methyl/N-ethyl adjacent to an activating group) is 2. The number of rotatable bonds is 26. The number of nitrogens with one attached hydrogen (secondary N) is 7. The van der Waals surface area contributed by atoms with Crippen LogP contribution in [0.5, 0.6) is 0 Å². The first-order valence-electron chi connectivity index (χ1n) is 28.6. The number of aromatic carboxylic acids is 1. The second-order valence-corrected chi connectivity index (χ2v) is 19.1. The highest BCUT2D eigenvalue weighted by Gasteiger charge is 2.22. The van der Waals surface area contributed by atoms with Crippen LogP contribution in [-0.4, -0.2) is 161 Å². The van der Waals surface area contributed by atoms with Gasteiger partial charge >= 0.3 is 29.8 Å². The number of esters is 2. The Labute approximate surface area is 523 Å². The molecule has 5 aromatic carbocycles. The Bertz CT molecular complexity index is 3030. The van der Waals surface area contributed by atoms with Gasteiger partial charge in [-0.3, -0.25) is 38.4 Å². The van der Waals surface area contributed by atoms with E-state index in [4.69, 9.17) is 24.8 Å². The highest BCUT2D eigenvalue weighted by Crippen LogP contribution is 2.15. The average molecular weight is 1250 g/mol. The molecule has 0 saturated carbocycles. The maximum absolute atomic E-state index is 11.9. The third-order valence-corrected chi connectivity index (χ3v) is 11.9. The lowest BCUT2D eigenvalue weighted by molar-refractivity contribution is -0.140. The molecule has 0 aromatic heterocycles. The molecule has 10 N–H and O–H groups in total. The molecule has 0 aliphatic carbocycles. The number of carboxylic acid groups (broad SMARTS) is 3. The zero-order chi connectivity index (χ0) is 67.7.